The molecule has 1 N–H and O–H groups in total. The third kappa shape index (κ3) is 3.57. The normalized spacial score (nSPS) is 13.6. The Morgan fingerprint density at radius 3 is 2.96 bits per heavy atom. The Hall–Kier alpha value is -2.05. The number of oxazole rings is 1. The van der Waals surface area contributed by atoms with Crippen molar-refractivity contribution in [1.82, 2.24) is 15.0 Å². The molecule has 0 fully saturated rings. The highest BCUT2D eigenvalue weighted by molar-refractivity contribution is 7.98. The first-order valence-corrected chi connectivity index (χ1v) is 9.93. The number of aryl methyl sites for hydroxylation is 2. The molecule has 0 spiro atoms. The molecule has 2 heterocycles. The SMILES string of the molecule is Cc1oc(-c2cccc(Cl)c2)nc1CSc1nc2c(c(=O)[nH]1)CCCC2. The third-order valence-electron chi connectivity index (χ3n) is 4.48. The van der Waals surface area contributed by atoms with E-state index in [1.54, 1.807) is 0 Å². The summed E-state index contributed by atoms with van der Waals surface area (Å²) in [5, 5.41) is 1.28. The zero-order valence-corrected chi connectivity index (χ0v) is 15.9. The Morgan fingerprint density at radius 1 is 1.27 bits per heavy atom. The number of aromatic amines is 1. The molecule has 26 heavy (non-hydrogen) atoms. The Kier molecular flexibility index (Phi) is 4.87. The standard InChI is InChI=1S/C19H18ClN3O2S/c1-11-16(21-18(25-11)12-5-4-6-13(20)9-12)10-26-19-22-15-8-3-2-7-14(15)17(24)23-19/h4-6,9H,2-3,7-8,10H2,1H3,(H,22,23,24). The molecule has 0 saturated heterocycles. The molecule has 4 rings (SSSR count). The minimum Gasteiger partial charge on any atom is -0.441 e. The molecule has 0 unspecified atom stereocenters. The summed E-state index contributed by atoms with van der Waals surface area (Å²) in [7, 11) is 0. The first kappa shape index (κ1) is 17.4. The van der Waals surface area contributed by atoms with Crippen LogP contribution in [0.5, 0.6) is 0 Å². The van der Waals surface area contributed by atoms with Gasteiger partial charge in [0.15, 0.2) is 5.16 Å². The summed E-state index contributed by atoms with van der Waals surface area (Å²) in [4.78, 5) is 24.3. The van der Waals surface area contributed by atoms with Crippen LogP contribution in [-0.2, 0) is 18.6 Å². The number of rotatable bonds is 4. The van der Waals surface area contributed by atoms with Crippen LogP contribution in [-0.4, -0.2) is 15.0 Å². The van der Waals surface area contributed by atoms with E-state index in [4.69, 9.17) is 16.0 Å². The van der Waals surface area contributed by atoms with Crippen molar-refractivity contribution >= 4 is 23.4 Å². The van der Waals surface area contributed by atoms with Crippen LogP contribution in [0.4, 0.5) is 0 Å². The van der Waals surface area contributed by atoms with Crippen LogP contribution < -0.4 is 5.56 Å². The van der Waals surface area contributed by atoms with Crippen LogP contribution in [0, 0.1) is 6.92 Å². The lowest BCUT2D eigenvalue weighted by Gasteiger charge is -2.14. The molecular formula is C19H18ClN3O2S. The number of halogens is 1. The van der Waals surface area contributed by atoms with E-state index >= 15 is 0 Å². The first-order chi connectivity index (χ1) is 12.6. The van der Waals surface area contributed by atoms with E-state index in [-0.39, 0.29) is 5.56 Å². The monoisotopic (exact) mass is 387 g/mol. The number of H-pyrrole nitrogens is 1. The van der Waals surface area contributed by atoms with E-state index in [1.165, 1.54) is 11.8 Å². The molecule has 1 aromatic carbocycles. The van der Waals surface area contributed by atoms with Gasteiger partial charge in [0.1, 0.15) is 5.76 Å². The predicted octanol–water partition coefficient (Wildman–Crippen LogP) is 4.56. The molecule has 7 heteroatoms. The molecule has 3 aromatic rings. The van der Waals surface area contributed by atoms with E-state index in [9.17, 15) is 4.79 Å². The second-order valence-electron chi connectivity index (χ2n) is 6.32. The summed E-state index contributed by atoms with van der Waals surface area (Å²) in [6, 6.07) is 7.42. The molecule has 0 atom stereocenters. The lowest BCUT2D eigenvalue weighted by molar-refractivity contribution is 0.540. The Labute approximate surface area is 160 Å². The van der Waals surface area contributed by atoms with Gasteiger partial charge in [-0.2, -0.15) is 0 Å². The minimum atomic E-state index is -0.00584. The lowest BCUT2D eigenvalue weighted by Crippen LogP contribution is -2.21. The molecule has 0 bridgehead atoms. The summed E-state index contributed by atoms with van der Waals surface area (Å²) in [6.07, 6.45) is 3.87. The number of aromatic nitrogens is 3. The van der Waals surface area contributed by atoms with Crippen molar-refractivity contribution in [3.8, 4) is 11.5 Å². The zero-order chi connectivity index (χ0) is 18.1. The Bertz CT molecular complexity index is 1010. The van der Waals surface area contributed by atoms with Gasteiger partial charge in [-0.25, -0.2) is 9.97 Å². The fourth-order valence-electron chi connectivity index (χ4n) is 3.09. The smallest absolute Gasteiger partial charge is 0.254 e. The average molecular weight is 388 g/mol. The number of hydrogen-bond donors (Lipinski definition) is 1. The molecule has 0 radical (unpaired) electrons. The number of fused-ring (bicyclic) bond motifs is 1. The van der Waals surface area contributed by atoms with Crippen LogP contribution in [0.2, 0.25) is 5.02 Å². The second kappa shape index (κ2) is 7.29. The Balaban J connectivity index is 1.54. The fraction of sp³-hybridized carbons (Fsp3) is 0.316. The third-order valence-corrected chi connectivity index (χ3v) is 5.60. The first-order valence-electron chi connectivity index (χ1n) is 8.57. The average Bonchev–Trinajstić information content (AvgIpc) is 3.01. The van der Waals surface area contributed by atoms with Gasteiger partial charge in [-0.15, -0.1) is 0 Å². The summed E-state index contributed by atoms with van der Waals surface area (Å²) < 4.78 is 5.78. The van der Waals surface area contributed by atoms with Crippen molar-refractivity contribution in [3.63, 3.8) is 0 Å². The van der Waals surface area contributed by atoms with Crippen molar-refractivity contribution in [2.24, 2.45) is 0 Å². The molecule has 0 aliphatic heterocycles. The highest BCUT2D eigenvalue weighted by atomic mass is 35.5. The van der Waals surface area contributed by atoms with E-state index in [1.807, 2.05) is 31.2 Å². The zero-order valence-electron chi connectivity index (χ0n) is 14.3. The summed E-state index contributed by atoms with van der Waals surface area (Å²) in [6.45, 7) is 1.89. The molecule has 0 amide bonds. The molecule has 0 saturated carbocycles. The van der Waals surface area contributed by atoms with E-state index in [0.717, 1.165) is 54.0 Å². The molecular weight excluding hydrogens is 370 g/mol. The molecule has 1 aliphatic rings. The van der Waals surface area contributed by atoms with Gasteiger partial charge in [-0.05, 0) is 50.8 Å². The highest BCUT2D eigenvalue weighted by Gasteiger charge is 2.17. The van der Waals surface area contributed by atoms with Crippen molar-refractivity contribution in [2.45, 2.75) is 43.5 Å². The van der Waals surface area contributed by atoms with E-state index in [2.05, 4.69) is 15.0 Å². The number of benzene rings is 1. The van der Waals surface area contributed by atoms with Gasteiger partial charge >= 0.3 is 0 Å². The van der Waals surface area contributed by atoms with E-state index in [0.29, 0.717) is 21.8 Å². The maximum Gasteiger partial charge on any atom is 0.254 e. The van der Waals surface area contributed by atoms with Gasteiger partial charge in [-0.3, -0.25) is 4.79 Å². The maximum atomic E-state index is 12.2. The maximum absolute atomic E-state index is 12.2. The van der Waals surface area contributed by atoms with Crippen molar-refractivity contribution in [1.29, 1.82) is 0 Å². The van der Waals surface area contributed by atoms with Crippen molar-refractivity contribution in [2.75, 3.05) is 0 Å². The minimum absolute atomic E-state index is 0.00584. The number of hydrogen-bond acceptors (Lipinski definition) is 5. The molecule has 2 aromatic heterocycles. The van der Waals surface area contributed by atoms with Gasteiger partial charge < -0.3 is 9.40 Å². The number of nitrogens with one attached hydrogen (secondary N) is 1. The summed E-state index contributed by atoms with van der Waals surface area (Å²) in [5.74, 6) is 1.89. The molecule has 1 aliphatic carbocycles. The van der Waals surface area contributed by atoms with Crippen LogP contribution in [0.1, 0.15) is 35.6 Å². The van der Waals surface area contributed by atoms with Crippen LogP contribution in [0.15, 0.2) is 38.6 Å². The fourth-order valence-corrected chi connectivity index (χ4v) is 4.16. The second-order valence-corrected chi connectivity index (χ2v) is 7.72. The number of thioether (sulfide) groups is 1. The van der Waals surface area contributed by atoms with Crippen molar-refractivity contribution in [3.05, 3.63) is 62.4 Å². The lowest BCUT2D eigenvalue weighted by atomic mass is 9.97. The summed E-state index contributed by atoms with van der Waals surface area (Å²) in [5.41, 5.74) is 3.47. The van der Waals surface area contributed by atoms with Gasteiger partial charge in [0.2, 0.25) is 5.89 Å². The summed E-state index contributed by atoms with van der Waals surface area (Å²) >= 11 is 7.51. The highest BCUT2D eigenvalue weighted by Crippen LogP contribution is 2.28. The van der Waals surface area contributed by atoms with Crippen molar-refractivity contribution < 1.29 is 4.42 Å². The van der Waals surface area contributed by atoms with E-state index < -0.39 is 0 Å². The van der Waals surface area contributed by atoms with Gasteiger partial charge in [0.25, 0.3) is 5.56 Å². The van der Waals surface area contributed by atoms with Gasteiger partial charge in [-0.1, -0.05) is 29.4 Å². The van der Waals surface area contributed by atoms with Crippen LogP contribution in [0.3, 0.4) is 0 Å². The molecule has 134 valence electrons. The number of nitrogens with zero attached hydrogens (tertiary/aromatic N) is 2. The largest absolute Gasteiger partial charge is 0.441 e. The predicted molar refractivity (Wildman–Crippen MR) is 103 cm³/mol. The van der Waals surface area contributed by atoms with Crippen LogP contribution >= 0.6 is 23.4 Å². The molecule has 5 nitrogen and oxygen atoms in total. The van der Waals surface area contributed by atoms with Gasteiger partial charge in [0.05, 0.1) is 11.4 Å². The topological polar surface area (TPSA) is 71.8 Å². The van der Waals surface area contributed by atoms with Crippen LogP contribution in [0.25, 0.3) is 11.5 Å². The Morgan fingerprint density at radius 2 is 2.12 bits per heavy atom. The quantitative estimate of drug-likeness (QED) is 0.525. The van der Waals surface area contributed by atoms with Gasteiger partial charge in [0, 0.05) is 21.9 Å².